The first-order valence-corrected chi connectivity index (χ1v) is 10.3. The van der Waals surface area contributed by atoms with Gasteiger partial charge in [-0.05, 0) is 30.7 Å². The van der Waals surface area contributed by atoms with Crippen LogP contribution >= 0.6 is 11.3 Å². The molecule has 166 valence electrons. The molecule has 1 atom stereocenters. The Morgan fingerprint density at radius 3 is 2.81 bits per heavy atom. The lowest BCUT2D eigenvalue weighted by atomic mass is 10.1. The van der Waals surface area contributed by atoms with Crippen LogP contribution in [-0.4, -0.2) is 32.0 Å². The second-order valence-corrected chi connectivity index (χ2v) is 7.76. The minimum Gasteiger partial charge on any atom is -0.468 e. The Morgan fingerprint density at radius 2 is 2.09 bits per heavy atom. The number of hydrogen-bond acceptors (Lipinski definition) is 7. The van der Waals surface area contributed by atoms with Gasteiger partial charge in [-0.15, -0.1) is 11.3 Å². The maximum Gasteiger partial charge on any atom is 0.387 e. The molecule has 11 heteroatoms. The predicted molar refractivity (Wildman–Crippen MR) is 113 cm³/mol. The fraction of sp³-hybridized carbons (Fsp3) is 0.190. The average Bonchev–Trinajstić information content (AvgIpc) is 3.37. The monoisotopic (exact) mass is 460 g/mol. The number of thiazole rings is 1. The number of aromatic nitrogens is 3. The first-order valence-electron chi connectivity index (χ1n) is 9.45. The maximum absolute atomic E-state index is 12.9. The number of aliphatic hydroxyl groups is 1. The van der Waals surface area contributed by atoms with E-state index in [1.165, 1.54) is 12.1 Å². The molecule has 3 heterocycles. The molecule has 0 unspecified atom stereocenters. The first kappa shape index (κ1) is 21.7. The molecule has 0 saturated carbocycles. The van der Waals surface area contributed by atoms with Gasteiger partial charge in [0.05, 0.1) is 12.8 Å². The molecule has 1 amide bonds. The number of pyridine rings is 1. The zero-order valence-electron chi connectivity index (χ0n) is 16.7. The van der Waals surface area contributed by atoms with Crippen LogP contribution in [0, 0.1) is 0 Å². The molecule has 0 saturated heterocycles. The summed E-state index contributed by atoms with van der Waals surface area (Å²) in [6.45, 7) is -1.79. The molecule has 0 aliphatic carbocycles. The highest BCUT2D eigenvalue weighted by atomic mass is 32.1. The smallest absolute Gasteiger partial charge is 0.387 e. The number of hydrogen-bond donors (Lipinski definition) is 2. The van der Waals surface area contributed by atoms with Crippen molar-refractivity contribution in [1.82, 2.24) is 14.4 Å². The molecule has 4 aromatic rings. The van der Waals surface area contributed by atoms with Crippen molar-refractivity contribution in [2.75, 3.05) is 0 Å². The number of rotatable bonds is 8. The Kier molecular flexibility index (Phi) is 6.01. The van der Waals surface area contributed by atoms with Gasteiger partial charge in [-0.25, -0.2) is 4.98 Å². The third kappa shape index (κ3) is 4.25. The summed E-state index contributed by atoms with van der Waals surface area (Å²) in [5.74, 6) is -0.897. The number of fused-ring (bicyclic) bond motifs is 1. The Morgan fingerprint density at radius 1 is 1.28 bits per heavy atom. The highest BCUT2D eigenvalue weighted by Gasteiger charge is 2.24. The SMILES string of the molecule is C[C@@H](Oc1nc(-c2cnc3ccccn23)sc1C(N)=O)c1ccc(CO)cc1OC(F)F. The zero-order valence-corrected chi connectivity index (χ0v) is 17.6. The van der Waals surface area contributed by atoms with Gasteiger partial charge in [0.25, 0.3) is 5.91 Å². The minimum absolute atomic E-state index is 0.0230. The molecular formula is C21H18F2N4O4S. The second-order valence-electron chi connectivity index (χ2n) is 6.76. The van der Waals surface area contributed by atoms with Gasteiger partial charge in [0.2, 0.25) is 5.88 Å². The lowest BCUT2D eigenvalue weighted by molar-refractivity contribution is -0.0513. The number of imidazole rings is 1. The fourth-order valence-electron chi connectivity index (χ4n) is 3.18. The molecule has 32 heavy (non-hydrogen) atoms. The van der Waals surface area contributed by atoms with Crippen molar-refractivity contribution < 1.29 is 28.2 Å². The molecule has 4 rings (SSSR count). The van der Waals surface area contributed by atoms with Crippen molar-refractivity contribution >= 4 is 22.9 Å². The summed E-state index contributed by atoms with van der Waals surface area (Å²) in [6, 6.07) is 9.89. The van der Waals surface area contributed by atoms with Gasteiger partial charge in [0.1, 0.15) is 28.2 Å². The van der Waals surface area contributed by atoms with E-state index in [1.807, 2.05) is 24.4 Å². The van der Waals surface area contributed by atoms with Crippen LogP contribution in [0.5, 0.6) is 11.6 Å². The molecule has 3 aromatic heterocycles. The molecule has 0 bridgehead atoms. The summed E-state index contributed by atoms with van der Waals surface area (Å²) >= 11 is 1.04. The van der Waals surface area contributed by atoms with Crippen LogP contribution in [0.15, 0.2) is 48.8 Å². The van der Waals surface area contributed by atoms with Crippen LogP contribution in [0.25, 0.3) is 16.3 Å². The molecule has 0 fully saturated rings. The highest BCUT2D eigenvalue weighted by Crippen LogP contribution is 2.37. The number of nitrogens with two attached hydrogens (primary N) is 1. The number of alkyl halides is 2. The molecule has 0 spiro atoms. The maximum atomic E-state index is 12.9. The van der Waals surface area contributed by atoms with Crippen LogP contribution in [0.1, 0.15) is 33.8 Å². The van der Waals surface area contributed by atoms with Crippen molar-refractivity contribution in [2.24, 2.45) is 5.73 Å². The predicted octanol–water partition coefficient (Wildman–Crippen LogP) is 3.79. The van der Waals surface area contributed by atoms with Gasteiger partial charge in [0, 0.05) is 11.8 Å². The Labute approximate surface area is 184 Å². The average molecular weight is 460 g/mol. The number of carbonyl (C=O) groups excluding carboxylic acids is 1. The second kappa shape index (κ2) is 8.89. The third-order valence-corrected chi connectivity index (χ3v) is 5.73. The minimum atomic E-state index is -3.06. The summed E-state index contributed by atoms with van der Waals surface area (Å²) in [7, 11) is 0. The van der Waals surface area contributed by atoms with E-state index in [4.69, 9.17) is 10.5 Å². The Hall–Kier alpha value is -3.57. The van der Waals surface area contributed by atoms with Gasteiger partial charge in [-0.3, -0.25) is 9.20 Å². The standard InChI is InChI=1S/C21H18F2N4O4S/c1-11(13-6-5-12(10-28)8-15(13)31-21(22)23)30-19-17(18(24)29)32-20(26-19)14-9-25-16-4-2-3-7-27(14)16/h2-9,11,21,28H,10H2,1H3,(H2,24,29)/t11-/m1/s1. The van der Waals surface area contributed by atoms with Crippen molar-refractivity contribution in [3.8, 4) is 22.3 Å². The van der Waals surface area contributed by atoms with Gasteiger partial charge in [0.15, 0.2) is 4.88 Å². The summed E-state index contributed by atoms with van der Waals surface area (Å²) in [4.78, 5) is 20.8. The lowest BCUT2D eigenvalue weighted by Gasteiger charge is -2.18. The van der Waals surface area contributed by atoms with E-state index in [-0.39, 0.29) is 23.1 Å². The van der Waals surface area contributed by atoms with E-state index in [1.54, 1.807) is 23.6 Å². The summed E-state index contributed by atoms with van der Waals surface area (Å²) in [5.41, 5.74) is 7.56. The molecular weight excluding hydrogens is 442 g/mol. The number of primary amides is 1. The highest BCUT2D eigenvalue weighted by molar-refractivity contribution is 7.17. The topological polar surface area (TPSA) is 112 Å². The normalized spacial score (nSPS) is 12.3. The van der Waals surface area contributed by atoms with Crippen molar-refractivity contribution in [3.05, 3.63) is 64.8 Å². The van der Waals surface area contributed by atoms with Crippen LogP contribution in [-0.2, 0) is 6.61 Å². The van der Waals surface area contributed by atoms with Crippen LogP contribution in [0.2, 0.25) is 0 Å². The largest absolute Gasteiger partial charge is 0.468 e. The number of aliphatic hydroxyl groups excluding tert-OH is 1. The fourth-order valence-corrected chi connectivity index (χ4v) is 4.04. The lowest BCUT2D eigenvalue weighted by Crippen LogP contribution is -2.14. The molecule has 0 radical (unpaired) electrons. The van der Waals surface area contributed by atoms with E-state index in [0.717, 1.165) is 11.3 Å². The molecule has 0 aliphatic rings. The van der Waals surface area contributed by atoms with E-state index in [9.17, 15) is 18.7 Å². The zero-order chi connectivity index (χ0) is 22.8. The number of halogens is 2. The van der Waals surface area contributed by atoms with Gasteiger partial charge in [-0.2, -0.15) is 13.8 Å². The van der Waals surface area contributed by atoms with Crippen LogP contribution < -0.4 is 15.2 Å². The number of benzene rings is 1. The quantitative estimate of drug-likeness (QED) is 0.414. The summed E-state index contributed by atoms with van der Waals surface area (Å²) in [5, 5.41) is 9.74. The molecule has 0 aliphatic heterocycles. The molecule has 1 aromatic carbocycles. The molecule has 8 nitrogen and oxygen atoms in total. The molecule has 3 N–H and O–H groups in total. The van der Waals surface area contributed by atoms with Gasteiger partial charge >= 0.3 is 6.61 Å². The van der Waals surface area contributed by atoms with E-state index in [0.29, 0.717) is 27.5 Å². The number of amides is 1. The van der Waals surface area contributed by atoms with Crippen molar-refractivity contribution in [1.29, 1.82) is 0 Å². The van der Waals surface area contributed by atoms with E-state index >= 15 is 0 Å². The van der Waals surface area contributed by atoms with Crippen LogP contribution in [0.4, 0.5) is 8.78 Å². The number of nitrogens with zero attached hydrogens (tertiary/aromatic N) is 3. The van der Waals surface area contributed by atoms with Crippen molar-refractivity contribution in [3.63, 3.8) is 0 Å². The summed E-state index contributed by atoms with van der Waals surface area (Å²) in [6.07, 6.45) is 2.61. The number of carbonyl (C=O) groups is 1. The van der Waals surface area contributed by atoms with Crippen molar-refractivity contribution in [2.45, 2.75) is 26.2 Å². The Balaban J connectivity index is 1.69. The van der Waals surface area contributed by atoms with E-state index in [2.05, 4.69) is 14.7 Å². The Bertz CT molecular complexity index is 1270. The van der Waals surface area contributed by atoms with E-state index < -0.39 is 18.6 Å². The summed E-state index contributed by atoms with van der Waals surface area (Å²) < 4.78 is 38.0. The third-order valence-electron chi connectivity index (χ3n) is 4.66. The number of ether oxygens (including phenoxy) is 2. The van der Waals surface area contributed by atoms with Gasteiger partial charge in [-0.1, -0.05) is 18.2 Å². The van der Waals surface area contributed by atoms with Gasteiger partial charge < -0.3 is 20.3 Å². The van der Waals surface area contributed by atoms with Crippen LogP contribution in [0.3, 0.4) is 0 Å². The first-order chi connectivity index (χ1) is 15.4.